The Morgan fingerprint density at radius 2 is 1.81 bits per heavy atom. The van der Waals surface area contributed by atoms with Crippen molar-refractivity contribution in [1.29, 1.82) is 5.26 Å². The Hall–Kier alpha value is -3.76. The summed E-state index contributed by atoms with van der Waals surface area (Å²) in [5.74, 6) is 0.567. The lowest BCUT2D eigenvalue weighted by molar-refractivity contribution is 0.0812. The number of carbonyl (C=O) groups is 1. The van der Waals surface area contributed by atoms with E-state index in [2.05, 4.69) is 34.1 Å². The second kappa shape index (κ2) is 10.0. The molecule has 1 fully saturated rings. The third-order valence-electron chi connectivity index (χ3n) is 5.46. The van der Waals surface area contributed by atoms with Crippen LogP contribution in [0.3, 0.4) is 0 Å². The number of carbonyl (C=O) groups excluding carboxylic acids is 1. The van der Waals surface area contributed by atoms with Crippen LogP contribution in [0.25, 0.3) is 11.3 Å². The molecule has 2 aromatic carbocycles. The number of aromatic nitrogens is 2. The molecule has 0 atom stereocenters. The van der Waals surface area contributed by atoms with Crippen LogP contribution in [0, 0.1) is 11.3 Å². The van der Waals surface area contributed by atoms with Crippen LogP contribution < -0.4 is 4.90 Å². The average molecular weight is 428 g/mol. The van der Waals surface area contributed by atoms with Crippen LogP contribution in [0.5, 0.6) is 0 Å². The van der Waals surface area contributed by atoms with Crippen molar-refractivity contribution in [1.82, 2.24) is 14.9 Å². The molecular formula is C25H25N5O2. The highest BCUT2D eigenvalue weighted by Crippen LogP contribution is 2.20. The predicted octanol–water partition coefficient (Wildman–Crippen LogP) is 3.17. The maximum absolute atomic E-state index is 12.3. The van der Waals surface area contributed by atoms with E-state index in [1.54, 1.807) is 25.4 Å². The molecule has 1 aliphatic heterocycles. The number of nitrogens with zero attached hydrogens (tertiary/aromatic N) is 5. The van der Waals surface area contributed by atoms with E-state index in [0.29, 0.717) is 12.0 Å². The van der Waals surface area contributed by atoms with Crippen molar-refractivity contribution in [3.63, 3.8) is 0 Å². The number of amides is 1. The van der Waals surface area contributed by atoms with E-state index in [4.69, 9.17) is 15.0 Å². The predicted molar refractivity (Wildman–Crippen MR) is 122 cm³/mol. The van der Waals surface area contributed by atoms with Gasteiger partial charge in [0.05, 0.1) is 25.0 Å². The Balaban J connectivity index is 1.44. The molecule has 32 heavy (non-hydrogen) atoms. The fourth-order valence-electron chi connectivity index (χ4n) is 3.66. The Morgan fingerprint density at radius 3 is 2.50 bits per heavy atom. The van der Waals surface area contributed by atoms with Gasteiger partial charge in [0.25, 0.3) is 5.91 Å². The van der Waals surface area contributed by atoms with Gasteiger partial charge in [0.15, 0.2) is 0 Å². The van der Waals surface area contributed by atoms with Crippen molar-refractivity contribution in [3.05, 3.63) is 77.7 Å². The van der Waals surface area contributed by atoms with Crippen molar-refractivity contribution in [2.24, 2.45) is 0 Å². The Labute approximate surface area is 187 Å². The first-order valence-corrected chi connectivity index (χ1v) is 10.6. The molecular weight excluding hydrogens is 402 g/mol. The molecule has 0 aliphatic carbocycles. The van der Waals surface area contributed by atoms with Gasteiger partial charge in [-0.3, -0.25) is 4.79 Å². The Bertz CT molecular complexity index is 1100. The summed E-state index contributed by atoms with van der Waals surface area (Å²) in [6.45, 7) is 3.44. The van der Waals surface area contributed by atoms with E-state index in [-0.39, 0.29) is 12.5 Å². The van der Waals surface area contributed by atoms with Gasteiger partial charge in [0, 0.05) is 49.6 Å². The molecule has 1 amide bonds. The van der Waals surface area contributed by atoms with Gasteiger partial charge < -0.3 is 14.5 Å². The van der Waals surface area contributed by atoms with Gasteiger partial charge in [0.2, 0.25) is 0 Å². The summed E-state index contributed by atoms with van der Waals surface area (Å²) in [6.07, 6.45) is 2.41. The first-order valence-electron chi connectivity index (χ1n) is 10.6. The third kappa shape index (κ3) is 5.10. The minimum atomic E-state index is -0.179. The number of rotatable bonds is 6. The Morgan fingerprint density at radius 1 is 1.09 bits per heavy atom. The third-order valence-corrected chi connectivity index (χ3v) is 5.46. The van der Waals surface area contributed by atoms with E-state index < -0.39 is 0 Å². The van der Waals surface area contributed by atoms with Gasteiger partial charge in [-0.1, -0.05) is 24.3 Å². The molecule has 7 heteroatoms. The lowest BCUT2D eigenvalue weighted by Gasteiger charge is -2.28. The van der Waals surface area contributed by atoms with Gasteiger partial charge >= 0.3 is 0 Å². The zero-order valence-corrected chi connectivity index (χ0v) is 18.1. The summed E-state index contributed by atoms with van der Waals surface area (Å²) >= 11 is 0. The van der Waals surface area contributed by atoms with Crippen LogP contribution >= 0.6 is 0 Å². The SMILES string of the molecule is CN(CC#N)C(=O)c1ccc(-c2ccnc(Cc3ccc(N4CCOCC4)cc3)n2)cc1. The average Bonchev–Trinajstić information content (AvgIpc) is 2.85. The summed E-state index contributed by atoms with van der Waals surface area (Å²) in [5, 5.41) is 8.77. The highest BCUT2D eigenvalue weighted by atomic mass is 16.5. The van der Waals surface area contributed by atoms with Gasteiger partial charge in [-0.15, -0.1) is 0 Å². The first kappa shape index (κ1) is 21.5. The maximum Gasteiger partial charge on any atom is 0.254 e. The molecule has 0 saturated carbocycles. The quantitative estimate of drug-likeness (QED) is 0.562. The molecule has 1 aromatic heterocycles. The van der Waals surface area contributed by atoms with Gasteiger partial charge in [0.1, 0.15) is 12.4 Å². The van der Waals surface area contributed by atoms with Crippen LogP contribution in [0.15, 0.2) is 60.8 Å². The molecule has 162 valence electrons. The fraction of sp³-hybridized carbons (Fsp3) is 0.280. The minimum Gasteiger partial charge on any atom is -0.378 e. The van der Waals surface area contributed by atoms with E-state index >= 15 is 0 Å². The standard InChI is InChI=1S/C25H25N5O2/c1-29(13-11-26)25(31)21-6-4-20(5-7-21)23-10-12-27-24(28-23)18-19-2-8-22(9-3-19)30-14-16-32-17-15-30/h2-10,12H,13-18H2,1H3. The Kier molecular flexibility index (Phi) is 6.73. The first-order chi connectivity index (χ1) is 15.6. The smallest absolute Gasteiger partial charge is 0.254 e. The summed E-state index contributed by atoms with van der Waals surface area (Å²) in [4.78, 5) is 25.2. The highest BCUT2D eigenvalue weighted by Gasteiger charge is 2.13. The second-order valence-corrected chi connectivity index (χ2v) is 7.70. The number of nitriles is 1. The second-order valence-electron chi connectivity index (χ2n) is 7.70. The van der Waals surface area contributed by atoms with E-state index in [9.17, 15) is 4.79 Å². The number of hydrogen-bond acceptors (Lipinski definition) is 6. The monoisotopic (exact) mass is 427 g/mol. The molecule has 0 unspecified atom stereocenters. The van der Waals surface area contributed by atoms with E-state index in [1.165, 1.54) is 10.6 Å². The molecule has 4 rings (SSSR count). The molecule has 0 N–H and O–H groups in total. The van der Waals surface area contributed by atoms with Crippen molar-refractivity contribution < 1.29 is 9.53 Å². The molecule has 7 nitrogen and oxygen atoms in total. The summed E-state index contributed by atoms with van der Waals surface area (Å²) in [7, 11) is 1.61. The van der Waals surface area contributed by atoms with Gasteiger partial charge in [-0.05, 0) is 35.9 Å². The van der Waals surface area contributed by atoms with Crippen LogP contribution in [0.4, 0.5) is 5.69 Å². The van der Waals surface area contributed by atoms with Crippen molar-refractivity contribution in [2.75, 3.05) is 44.8 Å². The van der Waals surface area contributed by atoms with Crippen molar-refractivity contribution in [3.8, 4) is 17.3 Å². The van der Waals surface area contributed by atoms with Crippen LogP contribution in [-0.2, 0) is 11.2 Å². The van der Waals surface area contributed by atoms with E-state index in [1.807, 2.05) is 24.3 Å². The zero-order valence-electron chi connectivity index (χ0n) is 18.1. The zero-order chi connectivity index (χ0) is 22.3. The summed E-state index contributed by atoms with van der Waals surface area (Å²) in [6, 6.07) is 19.6. The maximum atomic E-state index is 12.3. The molecule has 2 heterocycles. The van der Waals surface area contributed by atoms with Crippen LogP contribution in [0.1, 0.15) is 21.7 Å². The lowest BCUT2D eigenvalue weighted by Crippen LogP contribution is -2.36. The summed E-state index contributed by atoms with van der Waals surface area (Å²) in [5.41, 5.74) is 4.63. The number of benzene rings is 2. The van der Waals surface area contributed by atoms with Crippen LogP contribution in [-0.4, -0.2) is 60.7 Å². The minimum absolute atomic E-state index is 0.0588. The number of morpholine rings is 1. The van der Waals surface area contributed by atoms with E-state index in [0.717, 1.165) is 48.9 Å². The van der Waals surface area contributed by atoms with Gasteiger partial charge in [-0.25, -0.2) is 9.97 Å². The topological polar surface area (TPSA) is 82.4 Å². The molecule has 1 saturated heterocycles. The summed E-state index contributed by atoms with van der Waals surface area (Å²) < 4.78 is 5.42. The molecule has 0 bridgehead atoms. The molecule has 1 aliphatic rings. The van der Waals surface area contributed by atoms with Crippen LogP contribution in [0.2, 0.25) is 0 Å². The number of ether oxygens (including phenoxy) is 1. The largest absolute Gasteiger partial charge is 0.378 e. The molecule has 3 aromatic rings. The number of anilines is 1. The van der Waals surface area contributed by atoms with Crippen molar-refractivity contribution >= 4 is 11.6 Å². The lowest BCUT2D eigenvalue weighted by atomic mass is 10.1. The van der Waals surface area contributed by atoms with Crippen molar-refractivity contribution in [2.45, 2.75) is 6.42 Å². The normalized spacial score (nSPS) is 13.4. The fourth-order valence-corrected chi connectivity index (χ4v) is 3.66. The highest BCUT2D eigenvalue weighted by molar-refractivity contribution is 5.94. The van der Waals surface area contributed by atoms with Gasteiger partial charge in [-0.2, -0.15) is 5.26 Å². The molecule has 0 spiro atoms. The number of hydrogen-bond donors (Lipinski definition) is 0. The molecule has 0 radical (unpaired) electrons.